The third-order valence-electron chi connectivity index (χ3n) is 3.18. The molecule has 0 aliphatic rings. The smallest absolute Gasteiger partial charge is 0.323 e. The topological polar surface area (TPSA) is 81.8 Å². The highest BCUT2D eigenvalue weighted by Crippen LogP contribution is 2.26. The van der Waals surface area contributed by atoms with E-state index in [2.05, 4.69) is 29.2 Å². The minimum Gasteiger partial charge on any atom is -0.508 e. The number of hydrogen-bond donors (Lipinski definition) is 2. The van der Waals surface area contributed by atoms with Crippen molar-refractivity contribution in [3.8, 4) is 17.2 Å². The zero-order chi connectivity index (χ0) is 17.5. The van der Waals surface area contributed by atoms with Gasteiger partial charge in [0.25, 0.3) is 0 Å². The maximum atomic E-state index is 11.7. The quantitative estimate of drug-likeness (QED) is 0.393. The van der Waals surface area contributed by atoms with Gasteiger partial charge in [0.05, 0.1) is 0 Å². The number of benzene rings is 2. The number of aromatic hydroxyl groups is 1. The molecule has 24 heavy (non-hydrogen) atoms. The predicted octanol–water partition coefficient (Wildman–Crippen LogP) is 3.39. The van der Waals surface area contributed by atoms with Crippen LogP contribution in [-0.4, -0.2) is 23.7 Å². The SMILES string of the molecule is C=CCOC(=O)C(N)Cc1ccc(Oc2ccc(O)cc2)cc1I. The fourth-order valence-electron chi connectivity index (χ4n) is 1.98. The molecule has 0 radical (unpaired) electrons. The van der Waals surface area contributed by atoms with Gasteiger partial charge in [-0.1, -0.05) is 18.7 Å². The molecule has 126 valence electrons. The van der Waals surface area contributed by atoms with E-state index in [1.165, 1.54) is 6.08 Å². The Labute approximate surface area is 154 Å². The van der Waals surface area contributed by atoms with E-state index in [9.17, 15) is 9.90 Å². The van der Waals surface area contributed by atoms with Gasteiger partial charge in [0.2, 0.25) is 0 Å². The summed E-state index contributed by atoms with van der Waals surface area (Å²) in [5.41, 5.74) is 6.81. The van der Waals surface area contributed by atoms with Crippen molar-refractivity contribution in [3.05, 3.63) is 64.3 Å². The zero-order valence-electron chi connectivity index (χ0n) is 12.9. The van der Waals surface area contributed by atoms with Crippen molar-refractivity contribution < 1.29 is 19.4 Å². The Hall–Kier alpha value is -2.06. The van der Waals surface area contributed by atoms with Gasteiger partial charge >= 0.3 is 5.97 Å². The number of halogens is 1. The maximum Gasteiger partial charge on any atom is 0.323 e. The van der Waals surface area contributed by atoms with Gasteiger partial charge < -0.3 is 20.3 Å². The van der Waals surface area contributed by atoms with E-state index in [4.69, 9.17) is 15.2 Å². The lowest BCUT2D eigenvalue weighted by molar-refractivity contribution is -0.143. The van der Waals surface area contributed by atoms with Gasteiger partial charge in [-0.2, -0.15) is 0 Å². The second kappa shape index (κ2) is 8.70. The summed E-state index contributed by atoms with van der Waals surface area (Å²) >= 11 is 2.18. The molecule has 1 unspecified atom stereocenters. The first-order valence-corrected chi connectivity index (χ1v) is 8.36. The number of esters is 1. The minimum absolute atomic E-state index is 0.156. The van der Waals surface area contributed by atoms with Crippen molar-refractivity contribution in [2.75, 3.05) is 6.61 Å². The van der Waals surface area contributed by atoms with Gasteiger partial charge in [0.1, 0.15) is 29.9 Å². The van der Waals surface area contributed by atoms with Crippen molar-refractivity contribution >= 4 is 28.6 Å². The van der Waals surface area contributed by atoms with Crippen LogP contribution in [0.3, 0.4) is 0 Å². The fraction of sp³-hybridized carbons (Fsp3) is 0.167. The third-order valence-corrected chi connectivity index (χ3v) is 4.19. The van der Waals surface area contributed by atoms with Crippen LogP contribution in [0.4, 0.5) is 0 Å². The average molecular weight is 439 g/mol. The number of carbonyl (C=O) groups is 1. The molecule has 2 rings (SSSR count). The molecule has 0 bridgehead atoms. The van der Waals surface area contributed by atoms with E-state index in [-0.39, 0.29) is 12.4 Å². The van der Waals surface area contributed by atoms with E-state index < -0.39 is 12.0 Å². The van der Waals surface area contributed by atoms with Gasteiger partial charge in [0.15, 0.2) is 0 Å². The van der Waals surface area contributed by atoms with E-state index in [0.717, 1.165) is 9.13 Å². The lowest BCUT2D eigenvalue weighted by Gasteiger charge is -2.13. The number of ether oxygens (including phenoxy) is 2. The van der Waals surface area contributed by atoms with Crippen molar-refractivity contribution in [2.24, 2.45) is 5.73 Å². The van der Waals surface area contributed by atoms with Crippen molar-refractivity contribution in [2.45, 2.75) is 12.5 Å². The molecule has 0 saturated carbocycles. The number of nitrogens with two attached hydrogens (primary N) is 1. The molecule has 0 amide bonds. The van der Waals surface area contributed by atoms with Crippen LogP contribution < -0.4 is 10.5 Å². The summed E-state index contributed by atoms with van der Waals surface area (Å²) in [5, 5.41) is 9.27. The first kappa shape index (κ1) is 18.3. The monoisotopic (exact) mass is 439 g/mol. The summed E-state index contributed by atoms with van der Waals surface area (Å²) < 4.78 is 11.6. The summed E-state index contributed by atoms with van der Waals surface area (Å²) in [4.78, 5) is 11.7. The van der Waals surface area contributed by atoms with Crippen LogP contribution in [0.1, 0.15) is 5.56 Å². The van der Waals surface area contributed by atoms with Gasteiger partial charge in [-0.25, -0.2) is 0 Å². The molecule has 0 aliphatic heterocycles. The molecule has 3 N–H and O–H groups in total. The lowest BCUT2D eigenvalue weighted by Crippen LogP contribution is -2.34. The molecular formula is C18H18INO4. The molecule has 0 heterocycles. The standard InChI is InChI=1S/C18H18INO4/c1-2-9-23-18(22)17(20)10-12-3-6-15(11-16(12)19)24-14-7-4-13(21)5-8-14/h2-8,11,17,21H,1,9-10,20H2. The molecule has 2 aromatic carbocycles. The van der Waals surface area contributed by atoms with Crippen LogP contribution in [0, 0.1) is 3.57 Å². The van der Waals surface area contributed by atoms with Crippen LogP contribution in [0.15, 0.2) is 55.1 Å². The Morgan fingerprint density at radius 3 is 2.54 bits per heavy atom. The van der Waals surface area contributed by atoms with Gasteiger partial charge in [-0.3, -0.25) is 4.79 Å². The number of hydrogen-bond acceptors (Lipinski definition) is 5. The van der Waals surface area contributed by atoms with Crippen LogP contribution in [0.25, 0.3) is 0 Å². The molecule has 0 aromatic heterocycles. The molecule has 6 heteroatoms. The molecule has 0 aliphatic carbocycles. The van der Waals surface area contributed by atoms with E-state index >= 15 is 0 Å². The molecule has 0 saturated heterocycles. The minimum atomic E-state index is -0.720. The van der Waals surface area contributed by atoms with E-state index in [0.29, 0.717) is 17.9 Å². The Balaban J connectivity index is 2.02. The highest BCUT2D eigenvalue weighted by atomic mass is 127. The largest absolute Gasteiger partial charge is 0.508 e. The van der Waals surface area contributed by atoms with Gasteiger partial charge in [-0.05, 0) is 71.0 Å². The van der Waals surface area contributed by atoms with Crippen LogP contribution >= 0.6 is 22.6 Å². The van der Waals surface area contributed by atoms with Crippen molar-refractivity contribution in [1.82, 2.24) is 0 Å². The third kappa shape index (κ3) is 5.24. The van der Waals surface area contributed by atoms with E-state index in [1.807, 2.05) is 18.2 Å². The first-order chi connectivity index (χ1) is 11.5. The molecule has 0 spiro atoms. The Bertz CT molecular complexity index is 715. The molecular weight excluding hydrogens is 421 g/mol. The van der Waals surface area contributed by atoms with E-state index in [1.54, 1.807) is 24.3 Å². The Morgan fingerprint density at radius 1 is 1.25 bits per heavy atom. The molecule has 5 nitrogen and oxygen atoms in total. The normalized spacial score (nSPS) is 11.6. The number of phenols is 1. The molecule has 1 atom stereocenters. The van der Waals surface area contributed by atoms with Crippen LogP contribution in [0.2, 0.25) is 0 Å². The summed E-state index contributed by atoms with van der Waals surface area (Å²) in [6.45, 7) is 3.65. The Morgan fingerprint density at radius 2 is 1.92 bits per heavy atom. The number of rotatable bonds is 7. The highest BCUT2D eigenvalue weighted by Gasteiger charge is 2.17. The summed E-state index contributed by atoms with van der Waals surface area (Å²) in [7, 11) is 0. The van der Waals surface area contributed by atoms with Crippen LogP contribution in [0.5, 0.6) is 17.2 Å². The average Bonchev–Trinajstić information content (AvgIpc) is 2.57. The van der Waals surface area contributed by atoms with Crippen LogP contribution in [-0.2, 0) is 16.0 Å². The fourth-order valence-corrected chi connectivity index (χ4v) is 2.68. The second-order valence-corrected chi connectivity index (χ2v) is 6.24. The summed E-state index contributed by atoms with van der Waals surface area (Å²) in [5.74, 6) is 1.03. The van der Waals surface area contributed by atoms with Crippen molar-refractivity contribution in [3.63, 3.8) is 0 Å². The maximum absolute atomic E-state index is 11.7. The Kier molecular flexibility index (Phi) is 6.62. The zero-order valence-corrected chi connectivity index (χ0v) is 15.1. The van der Waals surface area contributed by atoms with Gasteiger partial charge in [-0.15, -0.1) is 0 Å². The molecule has 0 fully saturated rings. The number of phenolic OH excluding ortho intramolecular Hbond substituents is 1. The number of carbonyl (C=O) groups excluding carboxylic acids is 1. The second-order valence-electron chi connectivity index (χ2n) is 5.08. The van der Waals surface area contributed by atoms with Crippen molar-refractivity contribution in [1.29, 1.82) is 0 Å². The lowest BCUT2D eigenvalue weighted by atomic mass is 10.1. The van der Waals surface area contributed by atoms with Gasteiger partial charge in [0, 0.05) is 3.57 Å². The summed E-state index contributed by atoms with van der Waals surface area (Å²) in [6, 6.07) is 11.3. The molecule has 2 aromatic rings. The first-order valence-electron chi connectivity index (χ1n) is 7.28. The summed E-state index contributed by atoms with van der Waals surface area (Å²) in [6.07, 6.45) is 1.89. The highest BCUT2D eigenvalue weighted by molar-refractivity contribution is 14.1. The predicted molar refractivity (Wildman–Crippen MR) is 100 cm³/mol.